The van der Waals surface area contributed by atoms with Crippen molar-refractivity contribution in [2.75, 3.05) is 61.5 Å². The number of H-pyrrole nitrogens is 1. The van der Waals surface area contributed by atoms with Crippen molar-refractivity contribution in [1.29, 1.82) is 0 Å². The Labute approximate surface area is 421 Å². The molecule has 19 nitrogen and oxygen atoms in total. The van der Waals surface area contributed by atoms with Gasteiger partial charge in [-0.1, -0.05) is 65.7 Å². The Bertz CT molecular complexity index is 2170. The van der Waals surface area contributed by atoms with Crippen LogP contribution in [0.25, 0.3) is 22.6 Å². The summed E-state index contributed by atoms with van der Waals surface area (Å²) in [6, 6.07) is 2.10. The van der Waals surface area contributed by atoms with Crippen LogP contribution >= 0.6 is 0 Å². The average molecular weight is 998 g/mol. The molecule has 3 rings (SSSR count). The number of benzene rings is 1. The van der Waals surface area contributed by atoms with E-state index in [9.17, 15) is 28.8 Å². The molecule has 0 aliphatic carbocycles. The van der Waals surface area contributed by atoms with Crippen molar-refractivity contribution in [2.24, 2.45) is 11.8 Å². The first-order chi connectivity index (χ1) is 34.2. The van der Waals surface area contributed by atoms with Crippen LogP contribution in [0.2, 0.25) is 0 Å². The van der Waals surface area contributed by atoms with Crippen molar-refractivity contribution in [1.82, 2.24) is 46.1 Å². The molecule has 0 fully saturated rings. The number of carbonyl (C=O) groups is 4. The number of nitrogens with one attached hydrogen (secondary N) is 6. The van der Waals surface area contributed by atoms with Gasteiger partial charge in [0.25, 0.3) is 5.56 Å². The van der Waals surface area contributed by atoms with Crippen molar-refractivity contribution >= 4 is 34.9 Å². The average Bonchev–Trinajstić information content (AvgIpc) is 3.35. The molecular formula is C52H87N9O10. The summed E-state index contributed by atoms with van der Waals surface area (Å²) in [5.41, 5.74) is 0.710. The maximum absolute atomic E-state index is 14.7. The molecule has 0 aromatic heterocycles. The fourth-order valence-corrected chi connectivity index (χ4v) is 8.73. The third kappa shape index (κ3) is 19.3. The molecule has 400 valence electrons. The lowest BCUT2D eigenvalue weighted by Gasteiger charge is -2.35. The van der Waals surface area contributed by atoms with Crippen LogP contribution in [-0.2, 0) is 44.7 Å². The minimum absolute atomic E-state index is 0.106. The first kappa shape index (κ1) is 60.5. The number of likely N-dealkylation sites (N-methyl/N-ethyl adjacent to an activating group) is 2. The lowest BCUT2D eigenvalue weighted by Crippen LogP contribution is -2.52. The largest absolute Gasteiger partial charge is 0.460 e. The normalized spacial score (nSPS) is 14.6. The van der Waals surface area contributed by atoms with E-state index in [1.54, 1.807) is 24.7 Å². The highest BCUT2D eigenvalue weighted by Crippen LogP contribution is 2.29. The molecule has 1 aromatic rings. The number of unbranched alkanes of at least 4 members (excludes halogenated alkanes) is 6. The summed E-state index contributed by atoms with van der Waals surface area (Å²) < 4.78 is 27.3. The van der Waals surface area contributed by atoms with Gasteiger partial charge in [-0.3, -0.25) is 29.0 Å². The first-order valence-corrected chi connectivity index (χ1v) is 26.2. The number of aryl methyl sites for hydroxylation is 2. The highest BCUT2D eigenvalue weighted by molar-refractivity contribution is 5.81. The number of hydrogen-bond donors (Lipinski definition) is 6. The van der Waals surface area contributed by atoms with Crippen LogP contribution in [0, 0.1) is 25.7 Å². The molecule has 0 bridgehead atoms. The second kappa shape index (κ2) is 33.0. The highest BCUT2D eigenvalue weighted by atomic mass is 16.6. The van der Waals surface area contributed by atoms with Gasteiger partial charge in [0, 0.05) is 0 Å². The van der Waals surface area contributed by atoms with E-state index in [4.69, 9.17) is 18.9 Å². The van der Waals surface area contributed by atoms with E-state index >= 15 is 0 Å². The Hall–Kier alpha value is -4.82. The second-order valence-corrected chi connectivity index (χ2v) is 18.7. The Morgan fingerprint density at radius 3 is 1.68 bits per heavy atom. The zero-order valence-electron chi connectivity index (χ0n) is 44.5. The summed E-state index contributed by atoms with van der Waals surface area (Å²) in [6.07, 6.45) is 6.42. The van der Waals surface area contributed by atoms with Gasteiger partial charge in [-0.25, -0.2) is 9.78 Å². The van der Waals surface area contributed by atoms with Crippen LogP contribution in [0.1, 0.15) is 135 Å². The summed E-state index contributed by atoms with van der Waals surface area (Å²) >= 11 is 0. The van der Waals surface area contributed by atoms with Gasteiger partial charge in [-0.2, -0.15) is 4.98 Å². The number of fused-ring (bicyclic) bond motifs is 2. The van der Waals surface area contributed by atoms with Gasteiger partial charge in [0.05, 0.1) is 29.4 Å². The summed E-state index contributed by atoms with van der Waals surface area (Å²) in [5.74, 6) is -3.72. The minimum Gasteiger partial charge on any atom is -0.460 e. The lowest BCUT2D eigenvalue weighted by atomic mass is 9.97. The Kier molecular flexibility index (Phi) is 28.1. The van der Waals surface area contributed by atoms with Crippen LogP contribution in [0.4, 0.5) is 0 Å². The van der Waals surface area contributed by atoms with Gasteiger partial charge >= 0.3 is 29.6 Å². The molecule has 0 saturated carbocycles. The van der Waals surface area contributed by atoms with E-state index in [-0.39, 0.29) is 18.1 Å². The van der Waals surface area contributed by atoms with Crippen molar-refractivity contribution in [3.63, 3.8) is 0 Å². The van der Waals surface area contributed by atoms with E-state index in [0.717, 1.165) is 82.1 Å². The molecule has 0 amide bonds. The Morgan fingerprint density at radius 2 is 1.14 bits per heavy atom. The standard InChI is InChI=1S/C52H87N9O10/c1-11-14-15-16-23-36(12-2)49(64)70-43(33-68-50(65)38(56-9)25-18-21-28-54-7)45(71-51(66)39(57-10)26-19-22-29-55-8)42(69-48(63)37(13-3)24-17-20-27-53-6)32-61-41-31-35(5)34(4)30-40(41)58-44-46(61)59-52(67)60-47(44)62/h30-31,36-39,42-43,45,53-57H,11-29,32-33H2,1-10H3,(H,60,62,67). The summed E-state index contributed by atoms with van der Waals surface area (Å²) in [7, 11) is 8.89. The van der Waals surface area contributed by atoms with Gasteiger partial charge in [0.1, 0.15) is 18.7 Å². The number of carbonyl (C=O) groups excluding carboxylic acids is 4. The van der Waals surface area contributed by atoms with Crippen LogP contribution in [0.5, 0.6) is 0 Å². The number of esters is 4. The van der Waals surface area contributed by atoms with Crippen LogP contribution in [0.3, 0.4) is 0 Å². The monoisotopic (exact) mass is 998 g/mol. The van der Waals surface area contributed by atoms with Crippen molar-refractivity contribution in [2.45, 2.75) is 174 Å². The predicted octanol–water partition coefficient (Wildman–Crippen LogP) is 4.85. The first-order valence-electron chi connectivity index (χ1n) is 26.2. The van der Waals surface area contributed by atoms with E-state index < -0.39 is 84.0 Å². The molecule has 2 aliphatic rings. The summed E-state index contributed by atoms with van der Waals surface area (Å²) in [5, 5.41) is 15.5. The molecule has 71 heavy (non-hydrogen) atoms. The zero-order chi connectivity index (χ0) is 52.3. The molecular weight excluding hydrogens is 911 g/mol. The minimum atomic E-state index is -1.61. The number of aromatic nitrogens is 4. The van der Waals surface area contributed by atoms with Gasteiger partial charge in [0.2, 0.25) is 0 Å². The summed E-state index contributed by atoms with van der Waals surface area (Å²) in [6.45, 7) is 11.1. The zero-order valence-corrected chi connectivity index (χ0v) is 44.5. The van der Waals surface area contributed by atoms with Gasteiger partial charge in [-0.05, 0) is 150 Å². The van der Waals surface area contributed by atoms with Gasteiger partial charge in [-0.15, -0.1) is 0 Å². The Morgan fingerprint density at radius 1 is 0.620 bits per heavy atom. The Balaban J connectivity index is 2.39. The highest BCUT2D eigenvalue weighted by Gasteiger charge is 2.43. The number of rotatable bonds is 37. The smallest absolute Gasteiger partial charge is 0.349 e. The number of aromatic amines is 1. The number of nitrogens with zero attached hydrogens (tertiary/aromatic N) is 3. The fraction of sp³-hybridized carbons (Fsp3) is 0.731. The maximum Gasteiger partial charge on any atom is 0.349 e. The van der Waals surface area contributed by atoms with Crippen molar-refractivity contribution < 1.29 is 38.1 Å². The maximum atomic E-state index is 14.7. The molecule has 7 atom stereocenters. The SMILES string of the molecule is CCCCCCC(CC)C(=O)OC(COC(=O)C(CCCCNC)NC)C(OC(=O)C(CCCCNC)NC)C(Cn1c2nc(=O)[nH]c(=O)c-2nc2cc(C)c(C)cc21)OC(=O)C(CC)CCCCNC. The molecule has 0 radical (unpaired) electrons. The summed E-state index contributed by atoms with van der Waals surface area (Å²) in [4.78, 5) is 95.6. The van der Waals surface area contributed by atoms with Crippen LogP contribution in [0.15, 0.2) is 21.7 Å². The van der Waals surface area contributed by atoms with E-state index in [1.165, 1.54) is 0 Å². The lowest BCUT2D eigenvalue weighted by molar-refractivity contribution is -0.197. The molecule has 19 heteroatoms. The third-order valence-corrected chi connectivity index (χ3v) is 13.4. The quantitative estimate of drug-likeness (QED) is 0.0196. The van der Waals surface area contributed by atoms with E-state index in [0.29, 0.717) is 62.4 Å². The molecule has 1 aromatic carbocycles. The van der Waals surface area contributed by atoms with E-state index in [1.807, 2.05) is 54.9 Å². The fourth-order valence-electron chi connectivity index (χ4n) is 8.73. The number of ether oxygens (including phenoxy) is 4. The molecule has 2 heterocycles. The predicted molar refractivity (Wildman–Crippen MR) is 276 cm³/mol. The van der Waals surface area contributed by atoms with Crippen LogP contribution in [-0.4, -0.2) is 135 Å². The second-order valence-electron chi connectivity index (χ2n) is 18.7. The van der Waals surface area contributed by atoms with Gasteiger partial charge in [0.15, 0.2) is 29.8 Å². The molecule has 7 unspecified atom stereocenters. The van der Waals surface area contributed by atoms with Crippen molar-refractivity contribution in [3.05, 3.63) is 44.1 Å². The molecule has 6 N–H and O–H groups in total. The van der Waals surface area contributed by atoms with E-state index in [2.05, 4.69) is 48.5 Å². The molecule has 0 saturated heterocycles. The number of hydrogen-bond acceptors (Lipinski definition) is 17. The van der Waals surface area contributed by atoms with Gasteiger partial charge < -0.3 is 50.1 Å². The molecule has 0 spiro atoms. The topological polar surface area (TPSA) is 246 Å². The van der Waals surface area contributed by atoms with Crippen LogP contribution < -0.4 is 37.8 Å². The third-order valence-electron chi connectivity index (χ3n) is 13.4. The van der Waals surface area contributed by atoms with Crippen molar-refractivity contribution in [3.8, 4) is 11.5 Å². The molecule has 2 aliphatic heterocycles.